The van der Waals surface area contributed by atoms with Gasteiger partial charge in [0.15, 0.2) is 0 Å². The number of nitriles is 2. The molecule has 194 valence electrons. The third kappa shape index (κ3) is 6.69. The van der Waals surface area contributed by atoms with E-state index in [-0.39, 0.29) is 24.7 Å². The van der Waals surface area contributed by atoms with Crippen molar-refractivity contribution in [2.75, 3.05) is 43.0 Å². The molecule has 1 aliphatic heterocycles. The fourth-order valence-corrected chi connectivity index (χ4v) is 4.71. The number of nitrogens with one attached hydrogen (secondary N) is 1. The van der Waals surface area contributed by atoms with Crippen LogP contribution in [-0.2, 0) is 15.7 Å². The van der Waals surface area contributed by atoms with E-state index in [0.29, 0.717) is 63.2 Å². The number of nitrogens with zero attached hydrogens (tertiary/aromatic N) is 5. The molecule has 1 saturated carbocycles. The van der Waals surface area contributed by atoms with E-state index >= 15 is 0 Å². The van der Waals surface area contributed by atoms with Crippen molar-refractivity contribution in [3.05, 3.63) is 53.3 Å². The van der Waals surface area contributed by atoms with E-state index in [0.717, 1.165) is 11.8 Å². The van der Waals surface area contributed by atoms with Crippen LogP contribution in [0.5, 0.6) is 0 Å². The Hall–Kier alpha value is -3.83. The normalized spacial score (nSPS) is 20.1. The SMILES string of the molecule is N#Cc1ccc(N2CCN(C(=O)CO[C@H]3CC[C@H](Nc4ccc(C#N)c(C(F)(F)F)c4)CC3)CC2)cn1. The minimum atomic E-state index is -4.59. The van der Waals surface area contributed by atoms with Crippen LogP contribution in [0, 0.1) is 22.7 Å². The summed E-state index contributed by atoms with van der Waals surface area (Å²) in [7, 11) is 0. The highest BCUT2D eigenvalue weighted by Gasteiger charge is 2.34. The zero-order valence-electron chi connectivity index (χ0n) is 20.2. The van der Waals surface area contributed by atoms with Crippen LogP contribution >= 0.6 is 0 Å². The Morgan fingerprint density at radius 1 is 1.05 bits per heavy atom. The number of aromatic nitrogens is 1. The first-order valence-electron chi connectivity index (χ1n) is 12.1. The number of hydrogen-bond donors (Lipinski definition) is 1. The monoisotopic (exact) mass is 512 g/mol. The molecule has 1 aromatic heterocycles. The second-order valence-corrected chi connectivity index (χ2v) is 9.18. The number of rotatable bonds is 6. The first-order chi connectivity index (χ1) is 17.8. The number of carbonyl (C=O) groups is 1. The number of pyridine rings is 1. The molecule has 0 atom stereocenters. The van der Waals surface area contributed by atoms with Gasteiger partial charge in [0.05, 0.1) is 35.2 Å². The van der Waals surface area contributed by atoms with Crippen LogP contribution in [0.1, 0.15) is 42.5 Å². The van der Waals surface area contributed by atoms with Gasteiger partial charge in [-0.3, -0.25) is 4.79 Å². The second kappa shape index (κ2) is 11.5. The van der Waals surface area contributed by atoms with Crippen molar-refractivity contribution < 1.29 is 22.7 Å². The van der Waals surface area contributed by atoms with Gasteiger partial charge in [-0.05, 0) is 56.0 Å². The summed E-state index contributed by atoms with van der Waals surface area (Å²) in [6.45, 7) is 2.49. The van der Waals surface area contributed by atoms with Gasteiger partial charge in [-0.15, -0.1) is 0 Å². The molecule has 37 heavy (non-hydrogen) atoms. The Labute approximate surface area is 213 Å². The molecule has 1 aliphatic carbocycles. The maximum atomic E-state index is 13.2. The van der Waals surface area contributed by atoms with Crippen LogP contribution < -0.4 is 10.2 Å². The van der Waals surface area contributed by atoms with Gasteiger partial charge in [0.25, 0.3) is 0 Å². The highest BCUT2D eigenvalue weighted by atomic mass is 19.4. The van der Waals surface area contributed by atoms with Crippen molar-refractivity contribution in [1.82, 2.24) is 9.88 Å². The zero-order chi connectivity index (χ0) is 26.4. The Kier molecular flexibility index (Phi) is 8.14. The average molecular weight is 513 g/mol. The highest BCUT2D eigenvalue weighted by molar-refractivity contribution is 5.77. The zero-order valence-corrected chi connectivity index (χ0v) is 20.2. The van der Waals surface area contributed by atoms with Gasteiger partial charge in [-0.25, -0.2) is 4.98 Å². The van der Waals surface area contributed by atoms with Gasteiger partial charge >= 0.3 is 6.18 Å². The van der Waals surface area contributed by atoms with E-state index in [2.05, 4.69) is 15.2 Å². The lowest BCUT2D eigenvalue weighted by Crippen LogP contribution is -2.50. The van der Waals surface area contributed by atoms with Gasteiger partial charge < -0.3 is 19.9 Å². The van der Waals surface area contributed by atoms with Crippen LogP contribution in [0.15, 0.2) is 36.5 Å². The quantitative estimate of drug-likeness (QED) is 0.625. The first-order valence-corrected chi connectivity index (χ1v) is 12.1. The van der Waals surface area contributed by atoms with Crippen LogP contribution in [0.4, 0.5) is 24.5 Å². The average Bonchev–Trinajstić information content (AvgIpc) is 2.92. The van der Waals surface area contributed by atoms with Crippen molar-refractivity contribution in [2.24, 2.45) is 0 Å². The number of alkyl halides is 3. The molecule has 0 radical (unpaired) electrons. The summed E-state index contributed by atoms with van der Waals surface area (Å²) in [6.07, 6.45) is -0.177. The van der Waals surface area contributed by atoms with E-state index in [1.165, 1.54) is 12.1 Å². The molecule has 2 aromatic rings. The number of ether oxygens (including phenoxy) is 1. The smallest absolute Gasteiger partial charge is 0.382 e. The number of piperazine rings is 1. The molecule has 2 heterocycles. The molecule has 1 saturated heterocycles. The summed E-state index contributed by atoms with van der Waals surface area (Å²) in [4.78, 5) is 20.6. The maximum absolute atomic E-state index is 13.2. The third-order valence-electron chi connectivity index (χ3n) is 6.79. The Bertz CT molecular complexity index is 1170. The predicted molar refractivity (Wildman–Crippen MR) is 130 cm³/mol. The molecule has 2 fully saturated rings. The van der Waals surface area contributed by atoms with Crippen molar-refractivity contribution in [3.63, 3.8) is 0 Å². The lowest BCUT2D eigenvalue weighted by Gasteiger charge is -2.36. The van der Waals surface area contributed by atoms with Crippen molar-refractivity contribution >= 4 is 17.3 Å². The molecule has 0 unspecified atom stereocenters. The van der Waals surface area contributed by atoms with Crippen LogP contribution in [0.3, 0.4) is 0 Å². The topological polar surface area (TPSA) is 105 Å². The van der Waals surface area contributed by atoms with Crippen LogP contribution in [-0.4, -0.2) is 60.7 Å². The number of carbonyl (C=O) groups excluding carboxylic acids is 1. The minimum absolute atomic E-state index is 0.00522. The van der Waals surface area contributed by atoms with Crippen LogP contribution in [0.25, 0.3) is 0 Å². The third-order valence-corrected chi connectivity index (χ3v) is 6.79. The molecule has 2 aliphatic rings. The summed E-state index contributed by atoms with van der Waals surface area (Å²) in [5.74, 6) is -0.0601. The van der Waals surface area contributed by atoms with Gasteiger partial charge in [0, 0.05) is 37.9 Å². The Balaban J connectivity index is 1.19. The van der Waals surface area contributed by atoms with E-state index in [1.54, 1.807) is 23.2 Å². The molecular formula is C26H27F3N6O2. The second-order valence-electron chi connectivity index (χ2n) is 9.18. The van der Waals surface area contributed by atoms with Crippen molar-refractivity contribution in [3.8, 4) is 12.1 Å². The molecule has 0 spiro atoms. The van der Waals surface area contributed by atoms with E-state index in [9.17, 15) is 18.0 Å². The van der Waals surface area contributed by atoms with Gasteiger partial charge in [-0.2, -0.15) is 23.7 Å². The number of amides is 1. The summed E-state index contributed by atoms with van der Waals surface area (Å²) in [6, 6.07) is 10.8. The standard InChI is InChI=1S/C26H27F3N6O2/c27-26(28,29)24-13-20(2-1-18(24)14-30)33-19-4-7-23(8-5-19)37-17-25(36)35-11-9-34(10-12-35)22-6-3-21(15-31)32-16-22/h1-3,6,13,16,19,23,33H,4-5,7-12,17H2/t19-,23-. The summed E-state index contributed by atoms with van der Waals surface area (Å²) in [5.41, 5.74) is 0.284. The fraction of sp³-hybridized carbons (Fsp3) is 0.462. The largest absolute Gasteiger partial charge is 0.417 e. The molecule has 0 bridgehead atoms. The van der Waals surface area contributed by atoms with Gasteiger partial charge in [0.1, 0.15) is 18.4 Å². The molecular weight excluding hydrogens is 485 g/mol. The molecule has 1 aromatic carbocycles. The number of halogens is 3. The summed E-state index contributed by atoms with van der Waals surface area (Å²) in [5, 5.41) is 21.0. The minimum Gasteiger partial charge on any atom is -0.382 e. The molecule has 11 heteroatoms. The number of hydrogen-bond acceptors (Lipinski definition) is 7. The van der Waals surface area contributed by atoms with E-state index < -0.39 is 17.3 Å². The van der Waals surface area contributed by atoms with E-state index in [1.807, 2.05) is 12.1 Å². The van der Waals surface area contributed by atoms with Crippen LogP contribution in [0.2, 0.25) is 0 Å². The molecule has 1 amide bonds. The molecule has 8 nitrogen and oxygen atoms in total. The van der Waals surface area contributed by atoms with E-state index in [4.69, 9.17) is 15.3 Å². The van der Waals surface area contributed by atoms with Crippen molar-refractivity contribution in [2.45, 2.75) is 44.0 Å². The molecule has 4 rings (SSSR count). The Morgan fingerprint density at radius 3 is 2.38 bits per heavy atom. The predicted octanol–water partition coefficient (Wildman–Crippen LogP) is 3.93. The highest BCUT2D eigenvalue weighted by Crippen LogP contribution is 2.34. The Morgan fingerprint density at radius 2 is 1.78 bits per heavy atom. The molecule has 1 N–H and O–H groups in total. The van der Waals surface area contributed by atoms with Gasteiger partial charge in [-0.1, -0.05) is 0 Å². The lowest BCUT2D eigenvalue weighted by molar-refractivity contribution is -0.139. The fourth-order valence-electron chi connectivity index (χ4n) is 4.71. The first kappa shape index (κ1) is 26.2. The van der Waals surface area contributed by atoms with Crippen molar-refractivity contribution in [1.29, 1.82) is 10.5 Å². The van der Waals surface area contributed by atoms with Gasteiger partial charge in [0.2, 0.25) is 5.91 Å². The summed E-state index contributed by atoms with van der Waals surface area (Å²) >= 11 is 0. The maximum Gasteiger partial charge on any atom is 0.417 e. The number of anilines is 2. The lowest BCUT2D eigenvalue weighted by atomic mass is 9.92. The number of benzene rings is 1. The summed E-state index contributed by atoms with van der Waals surface area (Å²) < 4.78 is 45.5.